The molecule has 4 atom stereocenters. The summed E-state index contributed by atoms with van der Waals surface area (Å²) >= 11 is 0. The minimum Gasteiger partial charge on any atom is -0.496 e. The minimum atomic E-state index is -0.0696. The predicted octanol–water partition coefficient (Wildman–Crippen LogP) is 2.59. The van der Waals surface area contributed by atoms with Crippen LogP contribution >= 0.6 is 0 Å². The highest BCUT2D eigenvalue weighted by Crippen LogP contribution is 2.42. The predicted molar refractivity (Wildman–Crippen MR) is 113 cm³/mol. The number of carbonyl (C=O) groups is 1. The Bertz CT molecular complexity index is 865. The summed E-state index contributed by atoms with van der Waals surface area (Å²) in [6.45, 7) is 5.44. The number of aryl methyl sites for hydroxylation is 1. The van der Waals surface area contributed by atoms with Crippen LogP contribution in [0.2, 0.25) is 0 Å². The lowest BCUT2D eigenvalue weighted by atomic mass is 9.74. The van der Waals surface area contributed by atoms with Crippen LogP contribution in [0.4, 0.5) is 4.79 Å². The minimum absolute atomic E-state index is 0.0696. The molecule has 3 saturated heterocycles. The van der Waals surface area contributed by atoms with E-state index >= 15 is 0 Å². The number of methoxy groups -OCH3 is 1. The number of rotatable bonds is 6. The fourth-order valence-electron chi connectivity index (χ4n) is 4.94. The Morgan fingerprint density at radius 2 is 2.14 bits per heavy atom. The quantitative estimate of drug-likeness (QED) is 0.786. The summed E-state index contributed by atoms with van der Waals surface area (Å²) < 4.78 is 7.56. The molecule has 2 amide bonds. The lowest BCUT2D eigenvalue weighted by Gasteiger charge is -2.49. The van der Waals surface area contributed by atoms with Gasteiger partial charge in [0.15, 0.2) is 0 Å². The normalized spacial score (nSPS) is 25.6. The number of nitrogens with zero attached hydrogens (tertiary/aromatic N) is 3. The van der Waals surface area contributed by atoms with Gasteiger partial charge in [0.2, 0.25) is 0 Å². The molecule has 2 aromatic rings. The number of piperidine rings is 3. The van der Waals surface area contributed by atoms with E-state index in [0.29, 0.717) is 31.0 Å². The van der Waals surface area contributed by atoms with Crippen LogP contribution in [0.1, 0.15) is 31.4 Å². The summed E-state index contributed by atoms with van der Waals surface area (Å²) in [6, 6.07) is 10.6. The topological polar surface area (TPSA) is 71.4 Å². The van der Waals surface area contributed by atoms with Gasteiger partial charge in [-0.15, -0.1) is 0 Å². The molecule has 1 aromatic heterocycles. The smallest absolute Gasteiger partial charge is 0.314 e. The molecular formula is C22H31N5O2. The molecule has 1 unspecified atom stereocenters. The van der Waals surface area contributed by atoms with Crippen LogP contribution in [0, 0.1) is 5.92 Å². The number of aromatic nitrogens is 2. The van der Waals surface area contributed by atoms with Crippen LogP contribution in [0.5, 0.6) is 5.75 Å². The first-order valence-electron chi connectivity index (χ1n) is 10.5. The molecule has 0 radical (unpaired) electrons. The van der Waals surface area contributed by atoms with Gasteiger partial charge < -0.3 is 15.4 Å². The molecule has 3 fully saturated rings. The Morgan fingerprint density at radius 3 is 2.86 bits per heavy atom. The third-order valence-corrected chi connectivity index (χ3v) is 6.39. The van der Waals surface area contributed by atoms with Gasteiger partial charge in [-0.25, -0.2) is 4.79 Å². The zero-order chi connectivity index (χ0) is 20.4. The second-order valence-corrected chi connectivity index (χ2v) is 8.06. The number of carbonyl (C=O) groups excluding carboxylic acids is 1. The number of urea groups is 1. The summed E-state index contributed by atoms with van der Waals surface area (Å²) in [4.78, 5) is 14.3. The molecule has 1 aromatic carbocycles. The van der Waals surface area contributed by atoms with Crippen molar-refractivity contribution in [2.24, 2.45) is 13.0 Å². The number of benzene rings is 1. The highest BCUT2D eigenvalue weighted by Gasteiger charge is 2.41. The van der Waals surface area contributed by atoms with Crippen LogP contribution < -0.4 is 15.4 Å². The van der Waals surface area contributed by atoms with E-state index in [-0.39, 0.29) is 6.03 Å². The fourth-order valence-corrected chi connectivity index (χ4v) is 4.94. The monoisotopic (exact) mass is 397 g/mol. The van der Waals surface area contributed by atoms with Gasteiger partial charge in [-0.2, -0.15) is 5.10 Å². The zero-order valence-corrected chi connectivity index (χ0v) is 17.5. The first-order valence-corrected chi connectivity index (χ1v) is 10.5. The second-order valence-electron chi connectivity index (χ2n) is 8.06. The van der Waals surface area contributed by atoms with Gasteiger partial charge >= 0.3 is 6.03 Å². The van der Waals surface area contributed by atoms with Crippen LogP contribution in [-0.4, -0.2) is 60.0 Å². The third-order valence-electron chi connectivity index (χ3n) is 6.39. The lowest BCUT2D eigenvalue weighted by Crippen LogP contribution is -2.56. The van der Waals surface area contributed by atoms with Gasteiger partial charge in [0.05, 0.1) is 12.8 Å². The highest BCUT2D eigenvalue weighted by molar-refractivity contribution is 5.73. The van der Waals surface area contributed by atoms with E-state index in [0.717, 1.165) is 36.5 Å². The van der Waals surface area contributed by atoms with Gasteiger partial charge in [0.25, 0.3) is 0 Å². The standard InChI is InChI=1S/C22H31N5O2/c1-4-23-22(28)24-13-16-11-15-9-10-27(16)14-18(15)20-12-19(25-26(20)2)17-7-5-6-8-21(17)29-3/h5-8,12,15-16,18H,4,9-11,13-14H2,1-3H3,(H2,23,24,28)/t15-,16+,18-/m0/s1. The van der Waals surface area contributed by atoms with E-state index in [1.807, 2.05) is 36.9 Å². The highest BCUT2D eigenvalue weighted by atomic mass is 16.5. The Labute approximate surface area is 172 Å². The average molecular weight is 398 g/mol. The molecule has 0 spiro atoms. The molecular weight excluding hydrogens is 366 g/mol. The van der Waals surface area contributed by atoms with E-state index in [1.54, 1.807) is 7.11 Å². The Morgan fingerprint density at radius 1 is 1.31 bits per heavy atom. The van der Waals surface area contributed by atoms with Crippen molar-refractivity contribution < 1.29 is 9.53 Å². The van der Waals surface area contributed by atoms with E-state index < -0.39 is 0 Å². The molecule has 0 saturated carbocycles. The van der Waals surface area contributed by atoms with Crippen LogP contribution in [0.15, 0.2) is 30.3 Å². The Hall–Kier alpha value is -2.54. The van der Waals surface area contributed by atoms with Crippen molar-refractivity contribution in [2.45, 2.75) is 31.7 Å². The van der Waals surface area contributed by atoms with Crippen molar-refractivity contribution >= 4 is 6.03 Å². The first-order chi connectivity index (χ1) is 14.1. The molecule has 2 N–H and O–H groups in total. The van der Waals surface area contributed by atoms with Gasteiger partial charge in [-0.3, -0.25) is 9.58 Å². The van der Waals surface area contributed by atoms with Crippen molar-refractivity contribution in [2.75, 3.05) is 33.3 Å². The molecule has 4 heterocycles. The number of para-hydroxylation sites is 1. The summed E-state index contributed by atoms with van der Waals surface area (Å²) in [6.07, 6.45) is 2.32. The molecule has 3 aliphatic rings. The van der Waals surface area contributed by atoms with Crippen LogP contribution in [0.3, 0.4) is 0 Å². The third kappa shape index (κ3) is 3.96. The Kier molecular flexibility index (Phi) is 5.76. The number of hydrogen-bond donors (Lipinski definition) is 2. The SMILES string of the molecule is CCNC(=O)NC[C@H]1C[C@@H]2CCN1C[C@@H]2c1cc(-c2ccccc2OC)nn1C. The van der Waals surface area contributed by atoms with Gasteiger partial charge in [-0.1, -0.05) is 12.1 Å². The van der Waals surface area contributed by atoms with Crippen molar-refractivity contribution in [1.82, 2.24) is 25.3 Å². The molecule has 29 heavy (non-hydrogen) atoms. The number of ether oxygens (including phenoxy) is 1. The van der Waals surface area contributed by atoms with E-state index in [2.05, 4.69) is 27.7 Å². The van der Waals surface area contributed by atoms with E-state index in [4.69, 9.17) is 9.84 Å². The number of amides is 2. The second kappa shape index (κ2) is 8.45. The molecule has 0 aliphatic carbocycles. The lowest BCUT2D eigenvalue weighted by molar-refractivity contribution is 0.0294. The summed E-state index contributed by atoms with van der Waals surface area (Å²) in [5.74, 6) is 1.95. The van der Waals surface area contributed by atoms with E-state index in [1.165, 1.54) is 12.1 Å². The van der Waals surface area contributed by atoms with Gasteiger partial charge in [-0.05, 0) is 50.4 Å². The maximum Gasteiger partial charge on any atom is 0.314 e. The number of nitrogens with one attached hydrogen (secondary N) is 2. The zero-order valence-electron chi connectivity index (χ0n) is 17.5. The summed E-state index contributed by atoms with van der Waals surface area (Å²) in [5.41, 5.74) is 3.28. The number of hydrogen-bond acceptors (Lipinski definition) is 4. The van der Waals surface area contributed by atoms with Crippen molar-refractivity contribution in [1.29, 1.82) is 0 Å². The fraction of sp³-hybridized carbons (Fsp3) is 0.545. The van der Waals surface area contributed by atoms with Gasteiger partial charge in [0.1, 0.15) is 5.75 Å². The maximum absolute atomic E-state index is 11.7. The first kappa shape index (κ1) is 19.8. The Balaban J connectivity index is 1.48. The summed E-state index contributed by atoms with van der Waals surface area (Å²) in [5, 5.41) is 10.6. The largest absolute Gasteiger partial charge is 0.496 e. The number of fused-ring (bicyclic) bond motifs is 3. The van der Waals surface area contributed by atoms with Crippen molar-refractivity contribution in [3.63, 3.8) is 0 Å². The molecule has 5 rings (SSSR count). The average Bonchev–Trinajstić information content (AvgIpc) is 3.14. The molecule has 2 bridgehead atoms. The van der Waals surface area contributed by atoms with Crippen LogP contribution in [-0.2, 0) is 7.05 Å². The molecule has 156 valence electrons. The van der Waals surface area contributed by atoms with Gasteiger partial charge in [0, 0.05) is 49.9 Å². The molecule has 7 heteroatoms. The molecule has 7 nitrogen and oxygen atoms in total. The maximum atomic E-state index is 11.7. The van der Waals surface area contributed by atoms with Crippen molar-refractivity contribution in [3.8, 4) is 17.0 Å². The molecule has 3 aliphatic heterocycles. The van der Waals surface area contributed by atoms with E-state index in [9.17, 15) is 4.79 Å². The van der Waals surface area contributed by atoms with Crippen LogP contribution in [0.25, 0.3) is 11.3 Å². The summed E-state index contributed by atoms with van der Waals surface area (Å²) in [7, 11) is 3.74. The van der Waals surface area contributed by atoms with Crippen molar-refractivity contribution in [3.05, 3.63) is 36.0 Å².